The molecule has 1 aliphatic rings. The summed E-state index contributed by atoms with van der Waals surface area (Å²) in [4.78, 5) is 3.08. The highest BCUT2D eigenvalue weighted by Crippen LogP contribution is 2.30. The van der Waals surface area contributed by atoms with Gasteiger partial charge in [0.15, 0.2) is 18.2 Å². The van der Waals surface area contributed by atoms with E-state index in [0.717, 1.165) is 25.1 Å². The van der Waals surface area contributed by atoms with E-state index in [4.69, 9.17) is 9.47 Å². The Morgan fingerprint density at radius 3 is 2.54 bits per heavy atom. The van der Waals surface area contributed by atoms with Gasteiger partial charge >= 0.3 is 0 Å². The van der Waals surface area contributed by atoms with Gasteiger partial charge in [0.2, 0.25) is 5.82 Å². The number of benzene rings is 2. The fourth-order valence-corrected chi connectivity index (χ4v) is 3.44. The van der Waals surface area contributed by atoms with Crippen molar-refractivity contribution >= 4 is 5.57 Å². The molecule has 2 heterocycles. The van der Waals surface area contributed by atoms with Gasteiger partial charge in [0, 0.05) is 12.0 Å². The minimum atomic E-state index is 0.581. The fourth-order valence-electron chi connectivity index (χ4n) is 3.44. The van der Waals surface area contributed by atoms with E-state index in [1.54, 1.807) is 19.0 Å². The van der Waals surface area contributed by atoms with Crippen molar-refractivity contribution in [2.45, 2.75) is 13.1 Å². The fraction of sp³-hybridized carbons (Fsp3) is 0.286. The molecule has 3 aromatic rings. The molecule has 2 aromatic carbocycles. The summed E-state index contributed by atoms with van der Waals surface area (Å²) in [5.74, 6) is 1.91. The maximum absolute atomic E-state index is 5.35. The van der Waals surface area contributed by atoms with E-state index >= 15 is 0 Å². The molecule has 0 fully saturated rings. The smallest absolute Gasteiger partial charge is 0.205 e. The van der Waals surface area contributed by atoms with Crippen LogP contribution in [0.4, 0.5) is 0 Å². The molecule has 0 saturated heterocycles. The van der Waals surface area contributed by atoms with Crippen molar-refractivity contribution in [3.05, 3.63) is 60.2 Å². The number of aromatic nitrogens is 4. The van der Waals surface area contributed by atoms with Gasteiger partial charge in [-0.25, -0.2) is 0 Å². The highest BCUT2D eigenvalue weighted by molar-refractivity contribution is 5.65. The first-order chi connectivity index (χ1) is 13.8. The Hall–Kier alpha value is -3.19. The van der Waals surface area contributed by atoms with Crippen LogP contribution in [0.2, 0.25) is 0 Å². The summed E-state index contributed by atoms with van der Waals surface area (Å²) in [7, 11) is 3.23. The average molecular weight is 378 g/mol. The Morgan fingerprint density at radius 2 is 1.82 bits per heavy atom. The number of nitrogens with one attached hydrogen (secondary N) is 1. The Kier molecular flexibility index (Phi) is 5.34. The minimum absolute atomic E-state index is 0.581. The third-order valence-electron chi connectivity index (χ3n) is 4.99. The molecule has 0 saturated carbocycles. The number of rotatable bonds is 6. The van der Waals surface area contributed by atoms with Gasteiger partial charge in [0.25, 0.3) is 0 Å². The zero-order chi connectivity index (χ0) is 19.3. The molecule has 1 aliphatic heterocycles. The summed E-state index contributed by atoms with van der Waals surface area (Å²) in [6, 6.07) is 16.2. The maximum Gasteiger partial charge on any atom is 0.205 e. The molecule has 4 rings (SSSR count). The molecule has 0 amide bonds. The summed E-state index contributed by atoms with van der Waals surface area (Å²) < 4.78 is 10.6. The van der Waals surface area contributed by atoms with Gasteiger partial charge in [-0.2, -0.15) is 0 Å². The summed E-state index contributed by atoms with van der Waals surface area (Å²) in [5, 5.41) is 13.0. The van der Waals surface area contributed by atoms with Crippen LogP contribution in [-0.4, -0.2) is 47.5 Å². The van der Waals surface area contributed by atoms with E-state index in [-0.39, 0.29) is 0 Å². The number of hydrogen-bond acceptors (Lipinski definition) is 5. The monoisotopic (exact) mass is 378 g/mol. The number of tetrazole rings is 1. The van der Waals surface area contributed by atoms with Gasteiger partial charge in [0.05, 0.1) is 27.3 Å². The Morgan fingerprint density at radius 1 is 1.00 bits per heavy atom. The van der Waals surface area contributed by atoms with Crippen LogP contribution < -0.4 is 14.4 Å². The van der Waals surface area contributed by atoms with Gasteiger partial charge in [0.1, 0.15) is 0 Å². The number of hydrogen-bond donors (Lipinski definition) is 1. The van der Waals surface area contributed by atoms with Gasteiger partial charge in [-0.05, 0) is 40.6 Å². The third kappa shape index (κ3) is 3.89. The van der Waals surface area contributed by atoms with Crippen molar-refractivity contribution in [2.24, 2.45) is 0 Å². The van der Waals surface area contributed by atoms with Crippen LogP contribution >= 0.6 is 0 Å². The number of nitrogens with zero attached hydrogens (tertiary/aromatic N) is 4. The maximum atomic E-state index is 5.35. The second-order valence-electron chi connectivity index (χ2n) is 6.76. The number of methoxy groups -OCH3 is 2. The van der Waals surface area contributed by atoms with Crippen molar-refractivity contribution in [2.75, 3.05) is 27.3 Å². The molecule has 1 atom stereocenters. The van der Waals surface area contributed by atoms with Crippen molar-refractivity contribution < 1.29 is 14.4 Å². The van der Waals surface area contributed by atoms with Crippen LogP contribution in [0.5, 0.6) is 11.5 Å². The summed E-state index contributed by atoms with van der Waals surface area (Å²) in [6.07, 6.45) is 3.37. The van der Waals surface area contributed by atoms with E-state index in [2.05, 4.69) is 51.8 Å². The predicted molar refractivity (Wildman–Crippen MR) is 106 cm³/mol. The number of ether oxygens (including phenoxy) is 2. The van der Waals surface area contributed by atoms with Crippen molar-refractivity contribution in [3.8, 4) is 22.9 Å². The third-order valence-corrected chi connectivity index (χ3v) is 4.99. The first-order valence-electron chi connectivity index (χ1n) is 9.35. The molecule has 0 spiro atoms. The Bertz CT molecular complexity index is 968. The predicted octanol–water partition coefficient (Wildman–Crippen LogP) is 1.69. The van der Waals surface area contributed by atoms with Crippen LogP contribution in [-0.2, 0) is 6.67 Å². The standard InChI is InChI=1S/C21H23N5O2/c1-27-19-9-8-18(14-20(19)28-2)21-22-24-26(23-21)15-25-12-10-17(11-13-25)16-6-4-3-5-7-16/h3-10,14H,11-13,15H2,1-2H3/p+1. The second kappa shape index (κ2) is 8.22. The lowest BCUT2D eigenvalue weighted by molar-refractivity contribution is -0.919. The molecule has 0 aliphatic carbocycles. The molecule has 7 heteroatoms. The lowest BCUT2D eigenvalue weighted by Crippen LogP contribution is -3.11. The number of quaternary nitrogens is 1. The first kappa shape index (κ1) is 18.2. The zero-order valence-electron chi connectivity index (χ0n) is 16.1. The molecule has 144 valence electrons. The van der Waals surface area contributed by atoms with Gasteiger partial charge in [-0.15, -0.1) is 15.0 Å². The molecular weight excluding hydrogens is 354 g/mol. The van der Waals surface area contributed by atoms with Crippen LogP contribution in [0.3, 0.4) is 0 Å². The van der Waals surface area contributed by atoms with Crippen LogP contribution in [0, 0.1) is 0 Å². The van der Waals surface area contributed by atoms with Gasteiger partial charge < -0.3 is 14.4 Å². The lowest BCUT2D eigenvalue weighted by atomic mass is 10.00. The molecule has 1 aromatic heterocycles. The van der Waals surface area contributed by atoms with Crippen molar-refractivity contribution in [1.82, 2.24) is 20.2 Å². The van der Waals surface area contributed by atoms with Crippen molar-refractivity contribution in [3.63, 3.8) is 0 Å². The van der Waals surface area contributed by atoms with Gasteiger partial charge in [-0.1, -0.05) is 30.3 Å². The van der Waals surface area contributed by atoms with Gasteiger partial charge in [-0.3, -0.25) is 0 Å². The normalized spacial score (nSPS) is 16.5. The van der Waals surface area contributed by atoms with Crippen LogP contribution in [0.25, 0.3) is 17.0 Å². The van der Waals surface area contributed by atoms with E-state index in [9.17, 15) is 0 Å². The van der Waals surface area contributed by atoms with Crippen LogP contribution in [0.1, 0.15) is 12.0 Å². The topological polar surface area (TPSA) is 66.5 Å². The molecule has 1 N–H and O–H groups in total. The lowest BCUT2D eigenvalue weighted by Gasteiger charge is -2.22. The highest BCUT2D eigenvalue weighted by atomic mass is 16.5. The molecule has 7 nitrogen and oxygen atoms in total. The van der Waals surface area contributed by atoms with E-state index in [1.807, 2.05) is 18.2 Å². The van der Waals surface area contributed by atoms with E-state index in [1.165, 1.54) is 16.0 Å². The SMILES string of the molecule is COc1ccc(-c2nnn(C[NH+]3CC=C(c4ccccc4)CC3)n2)cc1OC. The molecule has 1 unspecified atom stereocenters. The largest absolute Gasteiger partial charge is 0.493 e. The van der Waals surface area contributed by atoms with E-state index < -0.39 is 0 Å². The Labute approximate surface area is 164 Å². The first-order valence-corrected chi connectivity index (χ1v) is 9.35. The van der Waals surface area contributed by atoms with Crippen LogP contribution in [0.15, 0.2) is 54.6 Å². The summed E-state index contributed by atoms with van der Waals surface area (Å²) >= 11 is 0. The summed E-state index contributed by atoms with van der Waals surface area (Å²) in [6.45, 7) is 2.70. The summed E-state index contributed by atoms with van der Waals surface area (Å²) in [5.41, 5.74) is 3.59. The molecule has 28 heavy (non-hydrogen) atoms. The van der Waals surface area contributed by atoms with E-state index in [0.29, 0.717) is 24.0 Å². The zero-order valence-corrected chi connectivity index (χ0v) is 16.1. The molecule has 0 radical (unpaired) electrons. The quantitative estimate of drug-likeness (QED) is 0.707. The molecular formula is C21H24N5O2+. The molecule has 0 bridgehead atoms. The highest BCUT2D eigenvalue weighted by Gasteiger charge is 2.18. The second-order valence-corrected chi connectivity index (χ2v) is 6.76. The minimum Gasteiger partial charge on any atom is -0.493 e. The average Bonchev–Trinajstić information content (AvgIpc) is 3.23. The Balaban J connectivity index is 1.43. The van der Waals surface area contributed by atoms with Crippen molar-refractivity contribution in [1.29, 1.82) is 0 Å².